The molecular formula is C18H18N4O3S. The molecule has 134 valence electrons. The molecule has 0 saturated carbocycles. The molecule has 0 aliphatic rings. The van der Waals surface area contributed by atoms with Gasteiger partial charge in [0, 0.05) is 25.0 Å². The Kier molecular flexibility index (Phi) is 5.13. The third kappa shape index (κ3) is 3.50. The van der Waals surface area contributed by atoms with Crippen LogP contribution in [0.3, 0.4) is 0 Å². The summed E-state index contributed by atoms with van der Waals surface area (Å²) in [7, 11) is 3.03. The molecule has 3 rings (SSSR count). The Morgan fingerprint density at radius 3 is 2.69 bits per heavy atom. The monoisotopic (exact) mass is 370 g/mol. The highest BCUT2D eigenvalue weighted by atomic mass is 32.1. The average molecular weight is 370 g/mol. The summed E-state index contributed by atoms with van der Waals surface area (Å²) < 4.78 is 1.28. The van der Waals surface area contributed by atoms with Gasteiger partial charge in [-0.25, -0.2) is 4.98 Å². The Hall–Kier alpha value is -3.00. The molecule has 7 nitrogen and oxygen atoms in total. The minimum absolute atomic E-state index is 0.0620. The van der Waals surface area contributed by atoms with Crippen molar-refractivity contribution in [1.82, 2.24) is 19.8 Å². The van der Waals surface area contributed by atoms with Gasteiger partial charge in [0.25, 0.3) is 5.56 Å². The van der Waals surface area contributed by atoms with E-state index in [9.17, 15) is 14.4 Å². The maximum absolute atomic E-state index is 12.9. The number of nitrogens with zero attached hydrogens (tertiary/aromatic N) is 3. The van der Waals surface area contributed by atoms with Crippen LogP contribution in [-0.2, 0) is 16.1 Å². The Bertz CT molecular complexity index is 1010. The summed E-state index contributed by atoms with van der Waals surface area (Å²) in [5, 5.41) is 4.87. The number of likely N-dealkylation sites (N-methyl/N-ethyl adjacent to an activating group) is 2. The molecule has 0 aliphatic heterocycles. The van der Waals surface area contributed by atoms with Crippen LogP contribution in [0.2, 0.25) is 0 Å². The lowest BCUT2D eigenvalue weighted by Crippen LogP contribution is -2.39. The fraction of sp³-hybridized carbons (Fsp3) is 0.222. The molecule has 0 saturated heterocycles. The van der Waals surface area contributed by atoms with E-state index in [0.29, 0.717) is 10.2 Å². The summed E-state index contributed by atoms with van der Waals surface area (Å²) in [6, 6.07) is 9.59. The van der Waals surface area contributed by atoms with Gasteiger partial charge in [-0.3, -0.25) is 19.0 Å². The highest BCUT2D eigenvalue weighted by molar-refractivity contribution is 7.17. The van der Waals surface area contributed by atoms with E-state index in [-0.39, 0.29) is 30.5 Å². The predicted molar refractivity (Wildman–Crippen MR) is 101 cm³/mol. The van der Waals surface area contributed by atoms with Crippen molar-refractivity contribution in [2.75, 3.05) is 20.6 Å². The number of carbonyl (C=O) groups excluding carboxylic acids is 2. The van der Waals surface area contributed by atoms with E-state index in [1.807, 2.05) is 35.7 Å². The van der Waals surface area contributed by atoms with Gasteiger partial charge in [-0.05, 0) is 5.56 Å². The van der Waals surface area contributed by atoms with Crippen LogP contribution in [-0.4, -0.2) is 46.9 Å². The van der Waals surface area contributed by atoms with Crippen molar-refractivity contribution in [3.05, 3.63) is 52.4 Å². The Labute approximate surface area is 153 Å². The van der Waals surface area contributed by atoms with E-state index in [2.05, 4.69) is 10.3 Å². The van der Waals surface area contributed by atoms with Gasteiger partial charge in [-0.2, -0.15) is 0 Å². The van der Waals surface area contributed by atoms with Crippen LogP contribution >= 0.6 is 11.3 Å². The van der Waals surface area contributed by atoms with Gasteiger partial charge in [0.05, 0.1) is 18.3 Å². The van der Waals surface area contributed by atoms with Crippen LogP contribution in [0.5, 0.6) is 0 Å². The molecule has 8 heteroatoms. The number of hydrogen-bond acceptors (Lipinski definition) is 5. The summed E-state index contributed by atoms with van der Waals surface area (Å²) >= 11 is 1.40. The molecule has 0 fully saturated rings. The second-order valence-electron chi connectivity index (χ2n) is 5.80. The normalized spacial score (nSPS) is 10.7. The SMILES string of the molecule is CNC(=O)CN(C)C(=O)Cn1cnc2scc(-c3ccccc3)c2c1=O. The van der Waals surface area contributed by atoms with Crippen LogP contribution in [0.15, 0.2) is 46.8 Å². The predicted octanol–water partition coefficient (Wildman–Crippen LogP) is 1.33. The molecule has 0 aliphatic carbocycles. The van der Waals surface area contributed by atoms with Crippen LogP contribution in [0.1, 0.15) is 0 Å². The van der Waals surface area contributed by atoms with Crippen molar-refractivity contribution in [2.45, 2.75) is 6.54 Å². The van der Waals surface area contributed by atoms with E-state index in [4.69, 9.17) is 0 Å². The summed E-state index contributed by atoms with van der Waals surface area (Å²) in [5.41, 5.74) is 1.47. The number of nitrogens with one attached hydrogen (secondary N) is 1. The number of rotatable bonds is 5. The molecule has 3 aromatic rings. The first-order valence-electron chi connectivity index (χ1n) is 7.98. The van der Waals surface area contributed by atoms with Gasteiger partial charge in [-0.15, -0.1) is 11.3 Å². The first-order valence-corrected chi connectivity index (χ1v) is 8.86. The first kappa shape index (κ1) is 17.8. The van der Waals surface area contributed by atoms with E-state index in [0.717, 1.165) is 11.1 Å². The van der Waals surface area contributed by atoms with Crippen molar-refractivity contribution in [1.29, 1.82) is 0 Å². The van der Waals surface area contributed by atoms with Gasteiger partial charge < -0.3 is 10.2 Å². The molecule has 0 bridgehead atoms. The molecule has 26 heavy (non-hydrogen) atoms. The van der Waals surface area contributed by atoms with Gasteiger partial charge in [-0.1, -0.05) is 30.3 Å². The number of amides is 2. The quantitative estimate of drug-likeness (QED) is 0.734. The van der Waals surface area contributed by atoms with Gasteiger partial charge in [0.15, 0.2) is 0 Å². The van der Waals surface area contributed by atoms with Crippen molar-refractivity contribution >= 4 is 33.4 Å². The summed E-state index contributed by atoms with van der Waals surface area (Å²) in [4.78, 5) is 42.8. The Balaban J connectivity index is 1.93. The third-order valence-corrected chi connectivity index (χ3v) is 4.92. The molecule has 2 heterocycles. The molecule has 1 aromatic carbocycles. The largest absolute Gasteiger partial charge is 0.358 e. The molecule has 0 radical (unpaired) electrons. The van der Waals surface area contributed by atoms with Crippen LogP contribution in [0.4, 0.5) is 0 Å². The minimum atomic E-state index is -0.339. The Morgan fingerprint density at radius 2 is 2.00 bits per heavy atom. The first-order chi connectivity index (χ1) is 12.5. The van der Waals surface area contributed by atoms with E-state index >= 15 is 0 Å². The fourth-order valence-corrected chi connectivity index (χ4v) is 3.47. The van der Waals surface area contributed by atoms with Crippen LogP contribution in [0, 0.1) is 0 Å². The minimum Gasteiger partial charge on any atom is -0.358 e. The number of hydrogen-bond donors (Lipinski definition) is 1. The maximum Gasteiger partial charge on any atom is 0.263 e. The lowest BCUT2D eigenvalue weighted by molar-refractivity contribution is -0.135. The van der Waals surface area contributed by atoms with Crippen LogP contribution in [0.25, 0.3) is 21.3 Å². The molecule has 2 aromatic heterocycles. The zero-order valence-electron chi connectivity index (χ0n) is 14.4. The number of fused-ring (bicyclic) bond motifs is 1. The highest BCUT2D eigenvalue weighted by Crippen LogP contribution is 2.30. The zero-order valence-corrected chi connectivity index (χ0v) is 15.2. The Morgan fingerprint density at radius 1 is 1.27 bits per heavy atom. The molecule has 1 N–H and O–H groups in total. The summed E-state index contributed by atoms with van der Waals surface area (Å²) in [6.45, 7) is -0.229. The lowest BCUT2D eigenvalue weighted by atomic mass is 10.1. The highest BCUT2D eigenvalue weighted by Gasteiger charge is 2.17. The van der Waals surface area contributed by atoms with Crippen LogP contribution < -0.4 is 10.9 Å². The number of benzene rings is 1. The number of carbonyl (C=O) groups is 2. The van der Waals surface area contributed by atoms with Crippen molar-refractivity contribution in [2.24, 2.45) is 0 Å². The smallest absolute Gasteiger partial charge is 0.263 e. The molecular weight excluding hydrogens is 352 g/mol. The molecule has 2 amide bonds. The van der Waals surface area contributed by atoms with E-state index in [1.165, 1.54) is 41.2 Å². The third-order valence-electron chi connectivity index (χ3n) is 4.04. The second-order valence-corrected chi connectivity index (χ2v) is 6.65. The molecule has 0 unspecified atom stereocenters. The summed E-state index contributed by atoms with van der Waals surface area (Å²) in [5.74, 6) is -0.612. The van der Waals surface area contributed by atoms with Gasteiger partial charge in [0.1, 0.15) is 11.4 Å². The van der Waals surface area contributed by atoms with Crippen molar-refractivity contribution < 1.29 is 9.59 Å². The topological polar surface area (TPSA) is 84.3 Å². The number of aromatic nitrogens is 2. The standard InChI is InChI=1S/C18H18N4O3S/c1-19-14(23)8-21(2)15(24)9-22-11-20-17-16(18(22)25)13(10-26-17)12-6-4-3-5-7-12/h3-7,10-11H,8-9H2,1-2H3,(H,19,23). The van der Waals surface area contributed by atoms with E-state index in [1.54, 1.807) is 0 Å². The average Bonchev–Trinajstić information content (AvgIpc) is 3.09. The molecule has 0 spiro atoms. The zero-order chi connectivity index (χ0) is 18.7. The van der Waals surface area contributed by atoms with E-state index < -0.39 is 0 Å². The molecule has 0 atom stereocenters. The second kappa shape index (κ2) is 7.49. The van der Waals surface area contributed by atoms with Crippen molar-refractivity contribution in [3.8, 4) is 11.1 Å². The van der Waals surface area contributed by atoms with Gasteiger partial charge in [0.2, 0.25) is 11.8 Å². The lowest BCUT2D eigenvalue weighted by Gasteiger charge is -2.16. The number of thiophene rings is 1. The fourth-order valence-electron chi connectivity index (χ4n) is 2.56. The van der Waals surface area contributed by atoms with Gasteiger partial charge >= 0.3 is 0 Å². The van der Waals surface area contributed by atoms with Crippen molar-refractivity contribution in [3.63, 3.8) is 0 Å². The maximum atomic E-state index is 12.9. The summed E-state index contributed by atoms with van der Waals surface area (Å²) in [6.07, 6.45) is 1.38.